The lowest BCUT2D eigenvalue weighted by atomic mass is 10.3. The Bertz CT molecular complexity index is 694. The van der Waals surface area contributed by atoms with E-state index in [1.807, 2.05) is 5.48 Å². The lowest BCUT2D eigenvalue weighted by molar-refractivity contribution is 0.234. The average molecular weight is 296 g/mol. The molecule has 0 saturated carbocycles. The van der Waals surface area contributed by atoms with Crippen molar-refractivity contribution in [3.63, 3.8) is 0 Å². The molecule has 0 radical (unpaired) electrons. The van der Waals surface area contributed by atoms with E-state index in [1.54, 1.807) is 0 Å². The summed E-state index contributed by atoms with van der Waals surface area (Å²) in [5.41, 5.74) is 2.42. The van der Waals surface area contributed by atoms with Crippen LogP contribution in [0.1, 0.15) is 11.4 Å². The quantitative estimate of drug-likeness (QED) is 0.393. The van der Waals surface area contributed by atoms with Crippen molar-refractivity contribution < 1.29 is 14.2 Å². The van der Waals surface area contributed by atoms with Gasteiger partial charge in [0.1, 0.15) is 5.82 Å². The number of hydroxylamine groups is 1. The summed E-state index contributed by atoms with van der Waals surface area (Å²) in [6.07, 6.45) is 0. The second-order valence-electron chi connectivity index (χ2n) is 3.55. The molecule has 2 N–H and O–H groups in total. The largest absolute Gasteiger partial charge is 0.310 e. The summed E-state index contributed by atoms with van der Waals surface area (Å²) in [4.78, 5) is 7.14. The summed E-state index contributed by atoms with van der Waals surface area (Å²) in [5, 5.41) is 16.1. The van der Waals surface area contributed by atoms with E-state index in [1.165, 1.54) is 12.1 Å². The summed E-state index contributed by atoms with van der Waals surface area (Å²) < 4.78 is 17.5. The molecule has 2 rings (SSSR count). The second-order valence-corrected chi connectivity index (χ2v) is 3.95. The number of aromatic nitrogens is 2. The van der Waals surface area contributed by atoms with Crippen molar-refractivity contribution in [3.8, 4) is 0 Å². The fourth-order valence-electron chi connectivity index (χ4n) is 1.38. The van der Waals surface area contributed by atoms with Crippen LogP contribution >= 0.6 is 11.6 Å². The molecule has 0 saturated heterocycles. The van der Waals surface area contributed by atoms with Gasteiger partial charge in [-0.15, -0.1) is 0 Å². The van der Waals surface area contributed by atoms with Crippen LogP contribution < -0.4 is 5.48 Å². The number of aliphatic imine (C=N–C) groups is 1. The lowest BCUT2D eigenvalue weighted by Gasteiger charge is -2.02. The first kappa shape index (κ1) is 13.9. The maximum Gasteiger partial charge on any atom is 0.262 e. The van der Waals surface area contributed by atoms with Crippen molar-refractivity contribution in [2.45, 2.75) is 6.54 Å². The third-order valence-corrected chi connectivity index (χ3v) is 2.55. The van der Waals surface area contributed by atoms with Gasteiger partial charge in [0.2, 0.25) is 0 Å². The van der Waals surface area contributed by atoms with Gasteiger partial charge in [0.15, 0.2) is 17.2 Å². The zero-order valence-electron chi connectivity index (χ0n) is 9.84. The second kappa shape index (κ2) is 6.10. The molecule has 102 valence electrons. The normalized spacial score (nSPS) is 11.2. The van der Waals surface area contributed by atoms with Gasteiger partial charge in [-0.1, -0.05) is 11.6 Å². The number of amidine groups is 1. The number of nitrogens with one attached hydrogen (secondary N) is 1. The summed E-state index contributed by atoms with van der Waals surface area (Å²) >= 11 is 5.63. The predicted octanol–water partition coefficient (Wildman–Crippen LogP) is 2.34. The predicted molar refractivity (Wildman–Crippen MR) is 67.1 cm³/mol. The van der Waals surface area contributed by atoms with E-state index in [9.17, 15) is 4.39 Å². The van der Waals surface area contributed by atoms with Crippen molar-refractivity contribution >= 4 is 23.1 Å². The molecule has 0 amide bonds. The SMILES string of the molecule is [C-]#[N+]Cc1nonc1C(=Nc1ccc(F)c(Cl)c1)NO. The molecule has 9 heteroatoms. The van der Waals surface area contributed by atoms with Gasteiger partial charge in [0.05, 0.1) is 10.7 Å². The van der Waals surface area contributed by atoms with Gasteiger partial charge in [0.25, 0.3) is 6.54 Å². The first-order valence-corrected chi connectivity index (χ1v) is 5.62. The topological polar surface area (TPSA) is 87.9 Å². The summed E-state index contributed by atoms with van der Waals surface area (Å²) in [6.45, 7) is 6.70. The smallest absolute Gasteiger partial charge is 0.262 e. The maximum absolute atomic E-state index is 13.0. The minimum atomic E-state index is -0.582. The van der Waals surface area contributed by atoms with Crippen LogP contribution in [0.3, 0.4) is 0 Å². The zero-order chi connectivity index (χ0) is 14.5. The Balaban J connectivity index is 2.40. The average Bonchev–Trinajstić information content (AvgIpc) is 2.88. The first-order chi connectivity index (χ1) is 9.65. The zero-order valence-corrected chi connectivity index (χ0v) is 10.6. The highest BCUT2D eigenvalue weighted by Crippen LogP contribution is 2.22. The van der Waals surface area contributed by atoms with Gasteiger partial charge in [-0.05, 0) is 28.5 Å². The molecule has 0 aliphatic heterocycles. The van der Waals surface area contributed by atoms with E-state index in [0.29, 0.717) is 0 Å². The molecule has 0 aliphatic carbocycles. The number of rotatable bonds is 3. The van der Waals surface area contributed by atoms with Crippen molar-refractivity contribution in [2.75, 3.05) is 0 Å². The number of hydrogen-bond donors (Lipinski definition) is 2. The Morgan fingerprint density at radius 2 is 2.35 bits per heavy atom. The van der Waals surface area contributed by atoms with E-state index in [2.05, 4.69) is 24.8 Å². The van der Waals surface area contributed by atoms with Gasteiger partial charge >= 0.3 is 0 Å². The van der Waals surface area contributed by atoms with Crippen LogP contribution in [0.4, 0.5) is 10.1 Å². The van der Waals surface area contributed by atoms with Crippen LogP contribution in [-0.2, 0) is 6.54 Å². The van der Waals surface area contributed by atoms with Crippen LogP contribution in [0, 0.1) is 12.4 Å². The van der Waals surface area contributed by atoms with Crippen LogP contribution in [0.5, 0.6) is 0 Å². The molecule has 20 heavy (non-hydrogen) atoms. The lowest BCUT2D eigenvalue weighted by Crippen LogP contribution is -2.21. The number of hydrogen-bond acceptors (Lipinski definition) is 5. The molecule has 0 atom stereocenters. The Labute approximate surface area is 117 Å². The third-order valence-electron chi connectivity index (χ3n) is 2.26. The van der Waals surface area contributed by atoms with Gasteiger partial charge < -0.3 is 4.85 Å². The van der Waals surface area contributed by atoms with Crippen LogP contribution in [0.25, 0.3) is 4.85 Å². The van der Waals surface area contributed by atoms with E-state index in [4.69, 9.17) is 23.4 Å². The molecule has 1 aromatic carbocycles. The van der Waals surface area contributed by atoms with Crippen LogP contribution in [0.2, 0.25) is 5.02 Å². The summed E-state index contributed by atoms with van der Waals surface area (Å²) in [6, 6.07) is 3.77. The van der Waals surface area contributed by atoms with Crippen molar-refractivity contribution in [3.05, 3.63) is 51.8 Å². The highest BCUT2D eigenvalue weighted by atomic mass is 35.5. The Morgan fingerprint density at radius 1 is 1.55 bits per heavy atom. The molecule has 0 fully saturated rings. The molecule has 1 aromatic heterocycles. The molecular formula is C11H7ClFN5O2. The summed E-state index contributed by atoms with van der Waals surface area (Å²) in [7, 11) is 0. The molecule has 7 nitrogen and oxygen atoms in total. The van der Waals surface area contributed by atoms with Crippen LogP contribution in [0.15, 0.2) is 27.8 Å². The minimum Gasteiger partial charge on any atom is -0.310 e. The van der Waals surface area contributed by atoms with E-state index >= 15 is 0 Å². The number of benzene rings is 1. The van der Waals surface area contributed by atoms with Gasteiger partial charge in [-0.3, -0.25) is 10.7 Å². The van der Waals surface area contributed by atoms with E-state index < -0.39 is 5.82 Å². The Kier molecular flexibility index (Phi) is 4.24. The number of halogens is 2. The van der Waals surface area contributed by atoms with Gasteiger partial charge in [-0.25, -0.2) is 20.6 Å². The Hall–Kier alpha value is -2.50. The fraction of sp³-hybridized carbons (Fsp3) is 0.0909. The fourth-order valence-corrected chi connectivity index (χ4v) is 1.55. The highest BCUT2D eigenvalue weighted by molar-refractivity contribution is 6.31. The molecule has 0 bridgehead atoms. The van der Waals surface area contributed by atoms with Crippen molar-refractivity contribution in [1.29, 1.82) is 0 Å². The van der Waals surface area contributed by atoms with Gasteiger partial charge in [0, 0.05) is 0 Å². The van der Waals surface area contributed by atoms with Crippen LogP contribution in [-0.4, -0.2) is 21.4 Å². The molecule has 0 spiro atoms. The van der Waals surface area contributed by atoms with Crippen molar-refractivity contribution in [1.82, 2.24) is 15.8 Å². The molecule has 1 heterocycles. The summed E-state index contributed by atoms with van der Waals surface area (Å²) in [5.74, 6) is -0.673. The van der Waals surface area contributed by atoms with Crippen molar-refractivity contribution in [2.24, 2.45) is 4.99 Å². The molecule has 0 aliphatic rings. The van der Waals surface area contributed by atoms with E-state index in [0.717, 1.165) is 6.07 Å². The minimum absolute atomic E-state index is 0.0797. The maximum atomic E-state index is 13.0. The Morgan fingerprint density at radius 3 is 3.00 bits per heavy atom. The van der Waals surface area contributed by atoms with E-state index in [-0.39, 0.29) is 34.5 Å². The molecule has 2 aromatic rings. The third kappa shape index (κ3) is 2.90. The molecule has 0 unspecified atom stereocenters. The molecular weight excluding hydrogens is 289 g/mol. The standard InChI is InChI=1S/C11H7ClFN5O2/c1-14-5-9-10(18-20-17-9)11(16-19)15-6-2-3-8(13)7(12)4-6/h2-4,19H,5H2,(H,15,16). The number of nitrogens with zero attached hydrogens (tertiary/aromatic N) is 4. The first-order valence-electron chi connectivity index (χ1n) is 5.24. The van der Waals surface area contributed by atoms with Gasteiger partial charge in [-0.2, -0.15) is 0 Å². The highest BCUT2D eigenvalue weighted by Gasteiger charge is 2.18. The monoisotopic (exact) mass is 295 g/mol.